The molecule has 4 rings (SSSR count). The van der Waals surface area contributed by atoms with Gasteiger partial charge in [-0.25, -0.2) is 4.79 Å². The van der Waals surface area contributed by atoms with Gasteiger partial charge in [-0.05, 0) is 69.2 Å². The molecular formula is C31H41F3N2O4. The third-order valence-corrected chi connectivity index (χ3v) is 7.53. The topological polar surface area (TPSA) is 70.1 Å². The smallest absolute Gasteiger partial charge is 0.490 e. The second-order valence-corrected chi connectivity index (χ2v) is 11.6. The summed E-state index contributed by atoms with van der Waals surface area (Å²) in [7, 11) is 0. The van der Waals surface area contributed by atoms with Gasteiger partial charge in [-0.3, -0.25) is 9.69 Å². The highest BCUT2D eigenvalue weighted by atomic mass is 19.4. The van der Waals surface area contributed by atoms with Crippen LogP contribution in [0.1, 0.15) is 55.4 Å². The van der Waals surface area contributed by atoms with E-state index in [-0.39, 0.29) is 5.91 Å². The van der Waals surface area contributed by atoms with Crippen molar-refractivity contribution >= 4 is 11.9 Å². The van der Waals surface area contributed by atoms with Gasteiger partial charge in [0.2, 0.25) is 5.91 Å². The Morgan fingerprint density at radius 3 is 2.15 bits per heavy atom. The Bertz CT molecular complexity index is 1140. The number of carbonyl (C=O) groups excluding carboxylic acids is 1. The molecule has 9 heteroatoms. The molecule has 1 amide bonds. The van der Waals surface area contributed by atoms with Crippen LogP contribution in [0.25, 0.3) is 0 Å². The van der Waals surface area contributed by atoms with Crippen LogP contribution in [-0.2, 0) is 22.6 Å². The minimum absolute atomic E-state index is 0.288. The second-order valence-electron chi connectivity index (χ2n) is 11.6. The Morgan fingerprint density at radius 2 is 1.57 bits per heavy atom. The molecule has 2 aliphatic heterocycles. The Labute approximate surface area is 235 Å². The number of piperidine rings is 1. The van der Waals surface area contributed by atoms with Crippen LogP contribution in [0.3, 0.4) is 0 Å². The molecule has 0 unspecified atom stereocenters. The Balaban J connectivity index is 0.000000559. The molecule has 2 aromatic carbocycles. The Morgan fingerprint density at radius 1 is 1.00 bits per heavy atom. The zero-order chi connectivity index (χ0) is 29.5. The molecule has 2 fully saturated rings. The van der Waals surface area contributed by atoms with Crippen molar-refractivity contribution in [1.29, 1.82) is 0 Å². The summed E-state index contributed by atoms with van der Waals surface area (Å²) in [4.78, 5) is 26.6. The number of halogens is 3. The standard InChI is InChI=1S/C29H40N2O2.C2HF3O2/c1-22(2)20-33-27-8-6-5-7-26(27)19-30-12-9-29(10-13-30)11-14-31(21-29)28(32)18-25-16-23(3)15-24(4)17-25;3-2(4,5)1(6)7/h5-8,15-17,22H,9-14,18-21H2,1-4H3;(H,6,7). The van der Waals surface area contributed by atoms with Crippen LogP contribution < -0.4 is 4.74 Å². The number of likely N-dealkylation sites (tertiary alicyclic amines) is 2. The first kappa shape index (κ1) is 31.5. The largest absolute Gasteiger partial charge is 0.493 e. The predicted octanol–water partition coefficient (Wildman–Crippen LogP) is 6.03. The van der Waals surface area contributed by atoms with Gasteiger partial charge in [-0.1, -0.05) is 61.4 Å². The van der Waals surface area contributed by atoms with E-state index in [0.29, 0.717) is 17.8 Å². The van der Waals surface area contributed by atoms with E-state index in [1.54, 1.807) is 0 Å². The number of carboxylic acid groups (broad SMARTS) is 1. The highest BCUT2D eigenvalue weighted by molar-refractivity contribution is 5.79. The van der Waals surface area contributed by atoms with Gasteiger partial charge >= 0.3 is 12.1 Å². The molecule has 1 N–H and O–H groups in total. The van der Waals surface area contributed by atoms with E-state index in [2.05, 4.69) is 80.0 Å². The monoisotopic (exact) mass is 562 g/mol. The van der Waals surface area contributed by atoms with E-state index in [0.717, 1.165) is 57.1 Å². The van der Waals surface area contributed by atoms with Crippen molar-refractivity contribution in [2.24, 2.45) is 11.3 Å². The van der Waals surface area contributed by atoms with Crippen LogP contribution in [-0.4, -0.2) is 65.7 Å². The van der Waals surface area contributed by atoms with Crippen molar-refractivity contribution in [2.75, 3.05) is 32.8 Å². The fourth-order valence-electron chi connectivity index (χ4n) is 5.47. The molecule has 2 saturated heterocycles. The average molecular weight is 563 g/mol. The summed E-state index contributed by atoms with van der Waals surface area (Å²) in [5, 5.41) is 7.12. The van der Waals surface area contributed by atoms with E-state index >= 15 is 0 Å². The van der Waals surface area contributed by atoms with Crippen molar-refractivity contribution in [2.45, 2.75) is 66.1 Å². The lowest BCUT2D eigenvalue weighted by Gasteiger charge is -2.39. The molecule has 0 bridgehead atoms. The summed E-state index contributed by atoms with van der Waals surface area (Å²) in [5.41, 5.74) is 5.21. The molecule has 6 nitrogen and oxygen atoms in total. The van der Waals surface area contributed by atoms with Crippen molar-refractivity contribution < 1.29 is 32.6 Å². The molecular weight excluding hydrogens is 521 g/mol. The van der Waals surface area contributed by atoms with E-state index in [9.17, 15) is 18.0 Å². The van der Waals surface area contributed by atoms with Crippen molar-refractivity contribution in [1.82, 2.24) is 9.80 Å². The molecule has 0 atom stereocenters. The zero-order valence-electron chi connectivity index (χ0n) is 23.9. The number of carbonyl (C=O) groups is 2. The highest BCUT2D eigenvalue weighted by Crippen LogP contribution is 2.41. The van der Waals surface area contributed by atoms with Gasteiger partial charge in [-0.2, -0.15) is 13.2 Å². The number of benzene rings is 2. The second kappa shape index (κ2) is 13.5. The number of nitrogens with zero attached hydrogens (tertiary/aromatic N) is 2. The molecule has 2 aromatic rings. The molecule has 0 saturated carbocycles. The number of carboxylic acids is 1. The number of alkyl halides is 3. The van der Waals surface area contributed by atoms with Crippen molar-refractivity contribution in [3.05, 3.63) is 64.7 Å². The number of amides is 1. The maximum atomic E-state index is 13.0. The van der Waals surface area contributed by atoms with Crippen LogP contribution in [0.15, 0.2) is 42.5 Å². The summed E-state index contributed by atoms with van der Waals surface area (Å²) in [6.45, 7) is 14.3. The van der Waals surface area contributed by atoms with Gasteiger partial charge in [0.25, 0.3) is 0 Å². The maximum Gasteiger partial charge on any atom is 0.490 e. The molecule has 0 aliphatic carbocycles. The zero-order valence-corrected chi connectivity index (χ0v) is 23.9. The summed E-state index contributed by atoms with van der Waals surface area (Å²) in [5.74, 6) is -0.922. The summed E-state index contributed by atoms with van der Waals surface area (Å²) >= 11 is 0. The van der Waals surface area contributed by atoms with E-state index in [4.69, 9.17) is 14.6 Å². The number of hydrogen-bond acceptors (Lipinski definition) is 4. The molecule has 40 heavy (non-hydrogen) atoms. The highest BCUT2D eigenvalue weighted by Gasteiger charge is 2.42. The number of aliphatic carboxylic acids is 1. The summed E-state index contributed by atoms with van der Waals surface area (Å²) in [6, 6.07) is 14.9. The third-order valence-electron chi connectivity index (χ3n) is 7.53. The lowest BCUT2D eigenvalue weighted by atomic mass is 9.77. The van der Waals surface area contributed by atoms with E-state index in [1.165, 1.54) is 29.5 Å². The van der Waals surface area contributed by atoms with Gasteiger partial charge < -0.3 is 14.7 Å². The van der Waals surface area contributed by atoms with Gasteiger partial charge in [-0.15, -0.1) is 0 Å². The average Bonchev–Trinajstić information content (AvgIpc) is 3.28. The fourth-order valence-corrected chi connectivity index (χ4v) is 5.47. The first-order chi connectivity index (χ1) is 18.8. The number of ether oxygens (including phenoxy) is 1. The molecule has 2 aliphatic rings. The SMILES string of the molecule is Cc1cc(C)cc(CC(=O)N2CCC3(CCN(Cc4ccccc4OCC(C)C)CC3)C2)c1.O=C(O)C(F)(F)F. The number of aryl methyl sites for hydroxylation is 2. The van der Waals surface area contributed by atoms with Crippen molar-refractivity contribution in [3.63, 3.8) is 0 Å². The summed E-state index contributed by atoms with van der Waals surface area (Å²) < 4.78 is 37.8. The first-order valence-corrected chi connectivity index (χ1v) is 13.8. The minimum Gasteiger partial charge on any atom is -0.493 e. The molecule has 0 radical (unpaired) electrons. The van der Waals surface area contributed by atoms with Gasteiger partial charge in [0.1, 0.15) is 5.75 Å². The molecule has 220 valence electrons. The quantitative estimate of drug-likeness (QED) is 0.446. The van der Waals surface area contributed by atoms with Crippen LogP contribution >= 0.6 is 0 Å². The lowest BCUT2D eigenvalue weighted by molar-refractivity contribution is -0.192. The maximum absolute atomic E-state index is 13.0. The fraction of sp³-hybridized carbons (Fsp3) is 0.548. The molecule has 1 spiro atoms. The first-order valence-electron chi connectivity index (χ1n) is 13.8. The van der Waals surface area contributed by atoms with E-state index < -0.39 is 12.1 Å². The van der Waals surface area contributed by atoms with Crippen LogP contribution in [0.2, 0.25) is 0 Å². The van der Waals surface area contributed by atoms with Crippen LogP contribution in [0, 0.1) is 25.2 Å². The lowest BCUT2D eigenvalue weighted by Crippen LogP contribution is -2.42. The summed E-state index contributed by atoms with van der Waals surface area (Å²) in [6.07, 6.45) is -1.06. The van der Waals surface area contributed by atoms with Crippen LogP contribution in [0.4, 0.5) is 13.2 Å². The van der Waals surface area contributed by atoms with Gasteiger partial charge in [0.15, 0.2) is 0 Å². The molecule has 0 aromatic heterocycles. The van der Waals surface area contributed by atoms with Crippen molar-refractivity contribution in [3.8, 4) is 5.75 Å². The Kier molecular flexibility index (Phi) is 10.6. The number of para-hydroxylation sites is 1. The minimum atomic E-state index is -5.08. The van der Waals surface area contributed by atoms with Crippen LogP contribution in [0.5, 0.6) is 5.75 Å². The Hall–Kier alpha value is -3.07. The van der Waals surface area contributed by atoms with E-state index in [1.807, 2.05) is 0 Å². The predicted molar refractivity (Wildman–Crippen MR) is 148 cm³/mol. The molecule has 2 heterocycles. The van der Waals surface area contributed by atoms with Gasteiger partial charge in [0.05, 0.1) is 13.0 Å². The normalized spacial score (nSPS) is 17.1. The number of hydrogen-bond donors (Lipinski definition) is 1. The number of rotatable bonds is 7. The van der Waals surface area contributed by atoms with Gasteiger partial charge in [0, 0.05) is 25.2 Å². The third kappa shape index (κ3) is 9.25.